The Morgan fingerprint density at radius 1 is 0.111 bits per heavy atom. The molecular formula is C96H80Cl16O16Si16. The van der Waals surface area contributed by atoms with Gasteiger partial charge in [0.2, 0.25) is 0 Å². The highest BCUT2D eigenvalue weighted by Gasteiger charge is 2.78. The Hall–Kier alpha value is -5.01. The van der Waals surface area contributed by atoms with Gasteiger partial charge in [-0.15, -0.1) is 177 Å². The molecule has 0 unspecified atom stereocenters. The zero-order valence-corrected chi connectivity index (χ0v) is 103. The maximum atomic E-state index is 9.04. The molecule has 0 spiro atoms. The van der Waals surface area contributed by atoms with Gasteiger partial charge < -0.3 is 65.8 Å². The predicted octanol–water partition coefficient (Wildman–Crippen LogP) is 17.6. The molecule has 0 N–H and O–H groups in total. The number of hydrogen-bond acceptors (Lipinski definition) is 16. The Balaban J connectivity index is 1.18. The summed E-state index contributed by atoms with van der Waals surface area (Å²) >= 11 is 137. The van der Waals surface area contributed by atoms with Gasteiger partial charge in [0.1, 0.15) is 0 Å². The minimum Gasteiger partial charge on any atom is -0.385 e. The summed E-state index contributed by atoms with van der Waals surface area (Å²) in [5, 5.41) is 1.16. The molecule has 736 valence electrons. The van der Waals surface area contributed by atoms with Crippen LogP contribution in [0.3, 0.4) is 0 Å². The molecule has 1 heterocycles. The molecule has 48 heteroatoms. The van der Waals surface area contributed by atoms with Crippen LogP contribution >= 0.6 is 177 Å². The van der Waals surface area contributed by atoms with Crippen LogP contribution in [0.5, 0.6) is 0 Å². The highest BCUT2D eigenvalue weighted by Crippen LogP contribution is 2.46. The lowest BCUT2D eigenvalue weighted by Crippen LogP contribution is -2.85. The molecule has 1 aliphatic rings. The van der Waals surface area contributed by atoms with Crippen molar-refractivity contribution in [2.24, 2.45) is 0 Å². The van der Waals surface area contributed by atoms with Crippen LogP contribution in [0.25, 0.3) is 0 Å². The first-order valence-electron chi connectivity index (χ1n) is 44.1. The van der Waals surface area contributed by atoms with Gasteiger partial charge in [0.15, 0.2) is 0 Å². The zero-order valence-electron chi connectivity index (χ0n) is 74.8. The molecule has 17 rings (SSSR count). The van der Waals surface area contributed by atoms with Crippen molar-refractivity contribution < 1.29 is 65.8 Å². The third kappa shape index (κ3) is 25.5. The van der Waals surface area contributed by atoms with Gasteiger partial charge in [0.05, 0.1) is 0 Å². The Morgan fingerprint density at radius 3 is 0.257 bits per heavy atom. The number of halogens is 16. The van der Waals surface area contributed by atoms with E-state index in [-0.39, 0.29) is 83.0 Å². The number of benzene rings is 16. The van der Waals surface area contributed by atoms with Gasteiger partial charge in [-0.3, -0.25) is 0 Å². The van der Waals surface area contributed by atoms with Gasteiger partial charge in [0.25, 0.3) is 0 Å². The molecule has 0 atom stereocenters. The summed E-state index contributed by atoms with van der Waals surface area (Å²) in [6, 6.07) is 136. The van der Waals surface area contributed by atoms with E-state index in [2.05, 4.69) is 0 Å². The van der Waals surface area contributed by atoms with E-state index in [1.165, 1.54) is 0 Å². The summed E-state index contributed by atoms with van der Waals surface area (Å²) in [7, 11) is -51.8. The zero-order chi connectivity index (χ0) is 101. The van der Waals surface area contributed by atoms with Gasteiger partial charge in [-0.1, -0.05) is 485 Å². The molecule has 16 aromatic rings. The molecule has 1 saturated heterocycles. The Morgan fingerprint density at radius 2 is 0.181 bits per heavy atom. The molecule has 0 aromatic heterocycles. The van der Waals surface area contributed by atoms with Crippen LogP contribution in [-0.4, -0.2) is 126 Å². The van der Waals surface area contributed by atoms with Crippen LogP contribution in [0.4, 0.5) is 0 Å². The fraction of sp³-hybridized carbons (Fsp3) is 0. The van der Waals surface area contributed by atoms with Gasteiger partial charge in [0, 0.05) is 41.5 Å². The van der Waals surface area contributed by atoms with E-state index in [9.17, 15) is 0 Å². The smallest absolute Gasteiger partial charge is 0.385 e. The topological polar surface area (TPSA) is 148 Å². The summed E-state index contributed by atoms with van der Waals surface area (Å²) in [4.78, 5) is 0. The van der Waals surface area contributed by atoms with Gasteiger partial charge >= 0.3 is 126 Å². The lowest BCUT2D eigenvalue weighted by molar-refractivity contribution is 0.112. The molecular weight excluding hydrogens is 2430 g/mol. The maximum absolute atomic E-state index is 9.04. The third-order valence-corrected chi connectivity index (χ3v) is 94.1. The van der Waals surface area contributed by atoms with Crippen molar-refractivity contribution in [3.05, 3.63) is 485 Å². The second kappa shape index (κ2) is 46.9. The van der Waals surface area contributed by atoms with E-state index in [4.69, 9.17) is 243 Å². The quantitative estimate of drug-likeness (QED) is 0.0291. The molecule has 1 fully saturated rings. The summed E-state index contributed by atoms with van der Waals surface area (Å²) < 4.78 is 139. The lowest BCUT2D eigenvalue weighted by Gasteiger charge is -2.52. The number of hydrogen-bond donors (Lipinski definition) is 0. The van der Waals surface area contributed by atoms with E-state index in [0.717, 1.165) is 0 Å². The maximum Gasteiger partial charge on any atom is 0.514 e. The molecule has 0 saturated carbocycles. The predicted molar refractivity (Wildman–Crippen MR) is 620 cm³/mol. The van der Waals surface area contributed by atoms with Crippen molar-refractivity contribution in [1.82, 2.24) is 0 Å². The monoisotopic (exact) mass is 2500 g/mol. The second-order valence-corrected chi connectivity index (χ2v) is 102. The first kappa shape index (κ1) is 110. The first-order chi connectivity index (χ1) is 69.0. The van der Waals surface area contributed by atoms with Crippen molar-refractivity contribution in [3.63, 3.8) is 0 Å². The SMILES string of the molecule is Cl[Si](Cl)(O[Si]1(c2ccccc2)O[Si](O[Si](Cl)(Cl)c2ccccc2)(c2ccccc2)O[Si](O[Si](Cl)(Cl)c2ccccc2)(c2ccccc2)O[Si](O[Si](Cl)(Cl)c2ccccc2)(c2ccccc2)O[Si](O[Si](Cl)(Cl)c2ccccc2)(c2ccccc2)O[Si](O[Si](Cl)(Cl)c2ccccc2)(c2ccccc2)O[Si](O[Si](Cl)(Cl)c2ccccc2)(c2ccccc2)O[Si](O[Si](Cl)(Cl)c2ccccc2)(c2ccccc2)O1)c1ccccc1. The minimum absolute atomic E-state index is 0.0466. The Bertz CT molecular complexity index is 5610. The standard InChI is InChI=1S/C96H80Cl16O16Si16/c97-129(98,81-49-17-1-18-50-81)113-137(89-65-33-9-34-66-89)121-138(90-67-35-10-36-68-90,114-130(99,100)82-51-19-2-20-52-82)123-140(92-71-39-12-40-72-92,116-132(103,104)84-55-23-4-24-56-84)125-142(94-75-43-14-44-76-94,118-134(107,108)86-59-27-6-28-60-86)127-144(96-79-47-16-48-80-96,120-136(111,112)88-63-31-8-32-64-88)128-143(95-77-45-15-46-78-95,119-135(109,110)87-61-29-7-30-62-87)126-141(93-73-41-13-42-74-93,117-133(105,106)85-57-25-5-26-58-85)124-139(122-137,91-69-37-11-38-70-91)115-131(101,102)83-53-21-3-22-54-83/h1-80H. The van der Waals surface area contributed by atoms with Crippen LogP contribution in [0.1, 0.15) is 0 Å². The molecule has 144 heavy (non-hydrogen) atoms. The first-order valence-corrected chi connectivity index (χ1v) is 89.4. The van der Waals surface area contributed by atoms with Crippen molar-refractivity contribution in [1.29, 1.82) is 0 Å². The molecule has 16 aromatic carbocycles. The highest BCUT2D eigenvalue weighted by molar-refractivity contribution is 7.54. The largest absolute Gasteiger partial charge is 0.514 e. The van der Waals surface area contributed by atoms with Crippen molar-refractivity contribution in [2.75, 3.05) is 0 Å². The fourth-order valence-corrected chi connectivity index (χ4v) is 95.7. The van der Waals surface area contributed by atoms with Crippen molar-refractivity contribution in [3.8, 4) is 0 Å². The molecule has 0 bridgehead atoms. The summed E-state index contributed by atoms with van der Waals surface area (Å²) in [6.07, 6.45) is 0. The van der Waals surface area contributed by atoms with E-state index in [0.29, 0.717) is 0 Å². The van der Waals surface area contributed by atoms with Crippen LogP contribution in [0.2, 0.25) is 0 Å². The normalized spacial score (nSPS) is 22.1. The van der Waals surface area contributed by atoms with E-state index >= 15 is 0 Å². The van der Waals surface area contributed by atoms with Crippen LogP contribution in [0, 0.1) is 0 Å². The van der Waals surface area contributed by atoms with Gasteiger partial charge in [-0.25, -0.2) is 0 Å². The van der Waals surface area contributed by atoms with Crippen LogP contribution in [-0.2, 0) is 65.8 Å². The van der Waals surface area contributed by atoms with Crippen molar-refractivity contribution in [2.45, 2.75) is 0 Å². The average Bonchev–Trinajstić information content (AvgIpc) is 0.699. The fourth-order valence-electron chi connectivity index (χ4n) is 15.3. The van der Waals surface area contributed by atoms with Crippen LogP contribution < -0.4 is 83.0 Å². The van der Waals surface area contributed by atoms with Crippen molar-refractivity contribution >= 4 is 386 Å². The lowest BCUT2D eigenvalue weighted by atomic mass is 10.4. The Labute approximate surface area is 926 Å². The van der Waals surface area contributed by atoms with Gasteiger partial charge in [-0.05, 0) is 41.5 Å². The number of rotatable bonds is 32. The molecule has 0 aliphatic carbocycles. The van der Waals surface area contributed by atoms with E-state index in [1.54, 1.807) is 485 Å². The molecule has 16 nitrogen and oxygen atoms in total. The summed E-state index contributed by atoms with van der Waals surface area (Å²) in [6.45, 7) is -41.4. The minimum atomic E-state index is -6.47. The second-order valence-electron chi connectivity index (χ2n) is 32.1. The summed E-state index contributed by atoms with van der Waals surface area (Å²) in [5.74, 6) is 0. The Kier molecular flexibility index (Phi) is 35.9. The molecule has 1 aliphatic heterocycles. The summed E-state index contributed by atoms with van der Waals surface area (Å²) in [5.41, 5.74) is 0. The third-order valence-electron chi connectivity index (χ3n) is 22.1. The van der Waals surface area contributed by atoms with Gasteiger partial charge in [-0.2, -0.15) is 0 Å². The molecule has 0 amide bonds. The van der Waals surface area contributed by atoms with Crippen LogP contribution in [0.15, 0.2) is 485 Å². The molecule has 0 radical (unpaired) electrons. The average molecular weight is 2510 g/mol. The van der Waals surface area contributed by atoms with E-state index < -0.39 is 126 Å². The highest BCUT2D eigenvalue weighted by atomic mass is 35.7. The van der Waals surface area contributed by atoms with E-state index in [1.807, 2.05) is 0 Å².